The summed E-state index contributed by atoms with van der Waals surface area (Å²) in [5.41, 5.74) is 2.58. The highest BCUT2D eigenvalue weighted by molar-refractivity contribution is 9.10. The average Bonchev–Trinajstić information content (AvgIpc) is 2.33. The highest BCUT2D eigenvalue weighted by Gasteiger charge is 2.07. The van der Waals surface area contributed by atoms with Gasteiger partial charge in [-0.05, 0) is 41.8 Å². The molecule has 1 aromatic heterocycles. The van der Waals surface area contributed by atoms with Gasteiger partial charge in [-0.2, -0.15) is 0 Å². The Labute approximate surface area is 112 Å². The van der Waals surface area contributed by atoms with E-state index >= 15 is 0 Å². The van der Waals surface area contributed by atoms with Crippen molar-refractivity contribution in [2.45, 2.75) is 11.2 Å². The summed E-state index contributed by atoms with van der Waals surface area (Å²) in [5.74, 6) is 0. The molecular formula is C13H11Br2N. The molecule has 2 aromatic rings. The predicted molar refractivity (Wildman–Crippen MR) is 73.8 cm³/mol. The minimum Gasteiger partial charge on any atom is -0.265 e. The molecule has 0 spiro atoms. The van der Waals surface area contributed by atoms with Crippen molar-refractivity contribution in [3.05, 3.63) is 64.4 Å². The van der Waals surface area contributed by atoms with Gasteiger partial charge < -0.3 is 0 Å². The molecule has 0 fully saturated rings. The van der Waals surface area contributed by atoms with Crippen LogP contribution in [0.4, 0.5) is 0 Å². The summed E-state index contributed by atoms with van der Waals surface area (Å²) < 4.78 is 1.12. The van der Waals surface area contributed by atoms with Gasteiger partial charge in [0.25, 0.3) is 0 Å². The van der Waals surface area contributed by atoms with E-state index in [-0.39, 0.29) is 0 Å². The van der Waals surface area contributed by atoms with Crippen LogP contribution in [0, 0.1) is 0 Å². The predicted octanol–water partition coefficient (Wildman–Crippen LogP) is 4.52. The molecular weight excluding hydrogens is 330 g/mol. The maximum atomic E-state index is 4.02. The van der Waals surface area contributed by atoms with Crippen LogP contribution in [-0.2, 0) is 6.42 Å². The molecule has 1 unspecified atom stereocenters. The van der Waals surface area contributed by atoms with Crippen LogP contribution in [0.15, 0.2) is 53.3 Å². The van der Waals surface area contributed by atoms with Gasteiger partial charge in [-0.25, -0.2) is 0 Å². The summed E-state index contributed by atoms with van der Waals surface area (Å²) in [4.78, 5) is 4.36. The van der Waals surface area contributed by atoms with E-state index in [0.29, 0.717) is 4.83 Å². The first kappa shape index (κ1) is 11.8. The van der Waals surface area contributed by atoms with Crippen LogP contribution >= 0.6 is 31.9 Å². The van der Waals surface area contributed by atoms with Crippen LogP contribution < -0.4 is 0 Å². The molecule has 1 nitrogen and oxygen atoms in total. The zero-order chi connectivity index (χ0) is 11.4. The van der Waals surface area contributed by atoms with Gasteiger partial charge >= 0.3 is 0 Å². The summed E-state index contributed by atoms with van der Waals surface area (Å²) in [7, 11) is 0. The molecule has 0 aliphatic carbocycles. The van der Waals surface area contributed by atoms with Gasteiger partial charge in [-0.15, -0.1) is 0 Å². The number of pyridine rings is 1. The van der Waals surface area contributed by atoms with Gasteiger partial charge in [0.15, 0.2) is 0 Å². The minimum atomic E-state index is 0.344. The van der Waals surface area contributed by atoms with Gasteiger partial charge in [-0.3, -0.25) is 4.98 Å². The first-order chi connectivity index (χ1) is 7.75. The van der Waals surface area contributed by atoms with Crippen LogP contribution in [0.25, 0.3) is 0 Å². The first-order valence-electron chi connectivity index (χ1n) is 5.04. The molecule has 1 heterocycles. The molecule has 16 heavy (non-hydrogen) atoms. The van der Waals surface area contributed by atoms with Crippen molar-refractivity contribution in [1.82, 2.24) is 4.98 Å². The zero-order valence-corrected chi connectivity index (χ0v) is 11.8. The second-order valence-corrected chi connectivity index (χ2v) is 5.60. The maximum Gasteiger partial charge on any atom is 0.0436 e. The lowest BCUT2D eigenvalue weighted by molar-refractivity contribution is 0.944. The van der Waals surface area contributed by atoms with E-state index in [0.717, 1.165) is 10.9 Å². The molecule has 2 rings (SSSR count). The van der Waals surface area contributed by atoms with Crippen LogP contribution in [0.3, 0.4) is 0 Å². The Kier molecular flexibility index (Phi) is 4.13. The SMILES string of the molecule is Brc1ccc(CC(Br)c2ccncc2)cc1. The van der Waals surface area contributed by atoms with E-state index in [2.05, 4.69) is 61.1 Å². The van der Waals surface area contributed by atoms with Crippen molar-refractivity contribution >= 4 is 31.9 Å². The van der Waals surface area contributed by atoms with Crippen molar-refractivity contribution in [3.8, 4) is 0 Å². The number of hydrogen-bond acceptors (Lipinski definition) is 1. The third-order valence-corrected chi connectivity index (χ3v) is 3.78. The van der Waals surface area contributed by atoms with Crippen molar-refractivity contribution in [1.29, 1.82) is 0 Å². The van der Waals surface area contributed by atoms with E-state index in [1.165, 1.54) is 11.1 Å². The molecule has 0 aliphatic heterocycles. The second kappa shape index (κ2) is 5.60. The topological polar surface area (TPSA) is 12.9 Å². The smallest absolute Gasteiger partial charge is 0.0436 e. The van der Waals surface area contributed by atoms with Crippen LogP contribution in [-0.4, -0.2) is 4.98 Å². The van der Waals surface area contributed by atoms with Gasteiger partial charge in [0.05, 0.1) is 0 Å². The van der Waals surface area contributed by atoms with Gasteiger partial charge in [-0.1, -0.05) is 44.0 Å². The Balaban J connectivity index is 2.08. The molecule has 0 radical (unpaired) electrons. The molecule has 82 valence electrons. The lowest BCUT2D eigenvalue weighted by atomic mass is 10.1. The number of rotatable bonds is 3. The third-order valence-electron chi connectivity index (χ3n) is 2.40. The Hall–Kier alpha value is -0.670. The molecule has 0 amide bonds. The molecule has 1 aromatic carbocycles. The normalized spacial score (nSPS) is 12.4. The largest absolute Gasteiger partial charge is 0.265 e. The molecule has 0 aliphatic rings. The first-order valence-corrected chi connectivity index (χ1v) is 6.75. The fraction of sp³-hybridized carbons (Fsp3) is 0.154. The Morgan fingerprint density at radius 3 is 2.25 bits per heavy atom. The summed E-state index contributed by atoms with van der Waals surface area (Å²) in [6, 6.07) is 12.5. The quantitative estimate of drug-likeness (QED) is 0.748. The summed E-state index contributed by atoms with van der Waals surface area (Å²) >= 11 is 7.14. The highest BCUT2D eigenvalue weighted by atomic mass is 79.9. The van der Waals surface area contributed by atoms with Crippen LogP contribution in [0.1, 0.15) is 16.0 Å². The Bertz CT molecular complexity index is 439. The lowest BCUT2D eigenvalue weighted by Gasteiger charge is -2.09. The fourth-order valence-electron chi connectivity index (χ4n) is 1.52. The van der Waals surface area contributed by atoms with Crippen LogP contribution in [0.5, 0.6) is 0 Å². The fourth-order valence-corrected chi connectivity index (χ4v) is 2.46. The number of alkyl halides is 1. The van der Waals surface area contributed by atoms with E-state index in [1.54, 1.807) is 0 Å². The molecule has 1 atom stereocenters. The van der Waals surface area contributed by atoms with Crippen molar-refractivity contribution < 1.29 is 0 Å². The summed E-state index contributed by atoms with van der Waals surface area (Å²) in [6.45, 7) is 0. The Morgan fingerprint density at radius 2 is 1.62 bits per heavy atom. The Morgan fingerprint density at radius 1 is 1.00 bits per heavy atom. The van der Waals surface area contributed by atoms with E-state index < -0.39 is 0 Å². The third kappa shape index (κ3) is 3.16. The van der Waals surface area contributed by atoms with Crippen LogP contribution in [0.2, 0.25) is 0 Å². The van der Waals surface area contributed by atoms with Crippen molar-refractivity contribution in [2.75, 3.05) is 0 Å². The zero-order valence-electron chi connectivity index (χ0n) is 8.61. The highest BCUT2D eigenvalue weighted by Crippen LogP contribution is 2.26. The van der Waals surface area contributed by atoms with Crippen molar-refractivity contribution in [2.24, 2.45) is 0 Å². The number of benzene rings is 1. The number of aromatic nitrogens is 1. The van der Waals surface area contributed by atoms with Gasteiger partial charge in [0, 0.05) is 21.7 Å². The van der Waals surface area contributed by atoms with E-state index in [9.17, 15) is 0 Å². The number of hydrogen-bond donors (Lipinski definition) is 0. The molecule has 0 saturated carbocycles. The van der Waals surface area contributed by atoms with Gasteiger partial charge in [0.1, 0.15) is 0 Å². The van der Waals surface area contributed by atoms with Crippen molar-refractivity contribution in [3.63, 3.8) is 0 Å². The number of halogens is 2. The van der Waals surface area contributed by atoms with Gasteiger partial charge in [0.2, 0.25) is 0 Å². The average molecular weight is 341 g/mol. The standard InChI is InChI=1S/C13H11Br2N/c14-12-3-1-10(2-4-12)9-13(15)11-5-7-16-8-6-11/h1-8,13H,9H2. The minimum absolute atomic E-state index is 0.344. The molecule has 0 saturated heterocycles. The monoisotopic (exact) mass is 339 g/mol. The van der Waals surface area contributed by atoms with E-state index in [1.807, 2.05) is 24.5 Å². The molecule has 0 N–H and O–H groups in total. The molecule has 0 bridgehead atoms. The second-order valence-electron chi connectivity index (χ2n) is 3.58. The van der Waals surface area contributed by atoms with E-state index in [4.69, 9.17) is 0 Å². The maximum absolute atomic E-state index is 4.02. The molecule has 3 heteroatoms. The summed E-state index contributed by atoms with van der Waals surface area (Å²) in [6.07, 6.45) is 4.63. The summed E-state index contributed by atoms with van der Waals surface area (Å²) in [5, 5.41) is 0. The lowest BCUT2D eigenvalue weighted by Crippen LogP contribution is -1.95. The number of nitrogens with zero attached hydrogens (tertiary/aromatic N) is 1.